The van der Waals surface area contributed by atoms with E-state index in [2.05, 4.69) is 38.3 Å². The Morgan fingerprint density at radius 2 is 1.63 bits per heavy atom. The first-order valence-electron chi connectivity index (χ1n) is 9.04. The molecule has 0 spiro atoms. The van der Waals surface area contributed by atoms with E-state index < -0.39 is 0 Å². The lowest BCUT2D eigenvalue weighted by molar-refractivity contribution is -0.123. The highest BCUT2D eigenvalue weighted by Gasteiger charge is 2.33. The molecule has 3 amide bonds. The Hall–Kier alpha value is -2.60. The summed E-state index contributed by atoms with van der Waals surface area (Å²) < 4.78 is 0.960. The minimum absolute atomic E-state index is 0.253. The van der Waals surface area contributed by atoms with Gasteiger partial charge in [-0.15, -0.1) is 0 Å². The number of anilines is 1. The maximum absolute atomic E-state index is 12.6. The van der Waals surface area contributed by atoms with Gasteiger partial charge in [0.05, 0.1) is 6.54 Å². The molecule has 0 aliphatic carbocycles. The highest BCUT2D eigenvalue weighted by Crippen LogP contribution is 2.22. The zero-order valence-corrected chi connectivity index (χ0v) is 16.4. The zero-order chi connectivity index (χ0) is 18.8. The van der Waals surface area contributed by atoms with E-state index in [0.29, 0.717) is 5.70 Å². The fourth-order valence-electron chi connectivity index (χ4n) is 3.41. The molecule has 6 heteroatoms. The van der Waals surface area contributed by atoms with Crippen LogP contribution in [0.4, 0.5) is 10.5 Å². The SMILES string of the molecule is O=C1N/C(=C/c2ccc(N3CCCC3)cc2)C(=O)N1Cc1ccc(Br)cc1. The van der Waals surface area contributed by atoms with Crippen LogP contribution in [0.25, 0.3) is 6.08 Å². The van der Waals surface area contributed by atoms with E-state index in [1.54, 1.807) is 6.08 Å². The summed E-state index contributed by atoms with van der Waals surface area (Å²) in [7, 11) is 0. The van der Waals surface area contributed by atoms with Gasteiger partial charge in [0.1, 0.15) is 5.70 Å². The van der Waals surface area contributed by atoms with Crippen molar-refractivity contribution >= 4 is 39.6 Å². The fraction of sp³-hybridized carbons (Fsp3) is 0.238. The summed E-state index contributed by atoms with van der Waals surface area (Å²) in [6.45, 7) is 2.45. The molecular weight excluding hydrogens is 406 g/mol. The molecule has 0 bridgehead atoms. The van der Waals surface area contributed by atoms with E-state index in [1.165, 1.54) is 23.4 Å². The largest absolute Gasteiger partial charge is 0.372 e. The van der Waals surface area contributed by atoms with Gasteiger partial charge in [-0.2, -0.15) is 0 Å². The average molecular weight is 426 g/mol. The van der Waals surface area contributed by atoms with Crippen LogP contribution in [0.15, 0.2) is 58.7 Å². The molecule has 0 saturated carbocycles. The Morgan fingerprint density at radius 3 is 2.30 bits per heavy atom. The van der Waals surface area contributed by atoms with Crippen molar-refractivity contribution in [3.63, 3.8) is 0 Å². The molecule has 2 heterocycles. The Morgan fingerprint density at radius 1 is 0.963 bits per heavy atom. The van der Waals surface area contributed by atoms with Crippen LogP contribution in [0.2, 0.25) is 0 Å². The van der Waals surface area contributed by atoms with Crippen molar-refractivity contribution in [3.05, 3.63) is 69.8 Å². The van der Waals surface area contributed by atoms with Crippen LogP contribution in [-0.2, 0) is 11.3 Å². The van der Waals surface area contributed by atoms with E-state index in [1.807, 2.05) is 36.4 Å². The maximum atomic E-state index is 12.6. The van der Waals surface area contributed by atoms with E-state index in [0.717, 1.165) is 28.7 Å². The first-order valence-corrected chi connectivity index (χ1v) is 9.83. The van der Waals surface area contributed by atoms with Gasteiger partial charge in [0.2, 0.25) is 0 Å². The third-order valence-electron chi connectivity index (χ3n) is 4.89. The molecule has 2 saturated heterocycles. The standard InChI is InChI=1S/C21H20BrN3O2/c22-17-7-3-16(4-8-17)14-25-20(26)19(23-21(25)27)13-15-5-9-18(10-6-15)24-11-1-2-12-24/h3-10,13H,1-2,11-12,14H2,(H,23,27)/b19-13+. The Bertz CT molecular complexity index is 885. The summed E-state index contributed by atoms with van der Waals surface area (Å²) in [5, 5.41) is 2.68. The summed E-state index contributed by atoms with van der Waals surface area (Å²) in [6.07, 6.45) is 4.21. The number of imide groups is 1. The highest BCUT2D eigenvalue weighted by molar-refractivity contribution is 9.10. The second kappa shape index (κ2) is 7.56. The van der Waals surface area contributed by atoms with E-state index in [-0.39, 0.29) is 18.5 Å². The topological polar surface area (TPSA) is 52.7 Å². The molecule has 2 aromatic carbocycles. The molecule has 2 aromatic rings. The highest BCUT2D eigenvalue weighted by atomic mass is 79.9. The van der Waals surface area contributed by atoms with Gasteiger partial charge in [0.15, 0.2) is 0 Å². The van der Waals surface area contributed by atoms with Crippen molar-refractivity contribution in [2.75, 3.05) is 18.0 Å². The second-order valence-corrected chi connectivity index (χ2v) is 7.71. The lowest BCUT2D eigenvalue weighted by Crippen LogP contribution is -2.30. The van der Waals surface area contributed by atoms with Gasteiger partial charge in [-0.25, -0.2) is 4.79 Å². The molecule has 138 valence electrons. The predicted octanol–water partition coefficient (Wildman–Crippen LogP) is 4.14. The van der Waals surface area contributed by atoms with Crippen LogP contribution < -0.4 is 10.2 Å². The minimum Gasteiger partial charge on any atom is -0.372 e. The first-order chi connectivity index (χ1) is 13.1. The van der Waals surface area contributed by atoms with Crippen LogP contribution in [0.3, 0.4) is 0 Å². The molecule has 5 nitrogen and oxygen atoms in total. The smallest absolute Gasteiger partial charge is 0.329 e. The summed E-state index contributed by atoms with van der Waals surface area (Å²) in [6, 6.07) is 15.3. The molecule has 0 radical (unpaired) electrons. The van der Waals surface area contributed by atoms with E-state index in [4.69, 9.17) is 0 Å². The molecule has 2 aliphatic rings. The molecule has 1 N–H and O–H groups in total. The quantitative estimate of drug-likeness (QED) is 0.591. The molecule has 4 rings (SSSR count). The van der Waals surface area contributed by atoms with Crippen molar-refractivity contribution < 1.29 is 9.59 Å². The molecule has 0 atom stereocenters. The number of nitrogens with zero attached hydrogens (tertiary/aromatic N) is 2. The number of halogens is 1. The van der Waals surface area contributed by atoms with Crippen molar-refractivity contribution in [2.24, 2.45) is 0 Å². The summed E-state index contributed by atoms with van der Waals surface area (Å²) in [5.74, 6) is -0.300. The molecule has 0 unspecified atom stereocenters. The van der Waals surface area contributed by atoms with Gasteiger partial charge in [0.25, 0.3) is 5.91 Å². The van der Waals surface area contributed by atoms with Crippen LogP contribution in [0.1, 0.15) is 24.0 Å². The lowest BCUT2D eigenvalue weighted by atomic mass is 10.1. The number of rotatable bonds is 4. The molecule has 0 aromatic heterocycles. The van der Waals surface area contributed by atoms with Crippen molar-refractivity contribution in [2.45, 2.75) is 19.4 Å². The van der Waals surface area contributed by atoms with E-state index in [9.17, 15) is 9.59 Å². The number of benzene rings is 2. The van der Waals surface area contributed by atoms with Crippen LogP contribution in [0, 0.1) is 0 Å². The molecule has 2 aliphatic heterocycles. The fourth-order valence-corrected chi connectivity index (χ4v) is 3.68. The van der Waals surface area contributed by atoms with Gasteiger partial charge >= 0.3 is 6.03 Å². The van der Waals surface area contributed by atoms with Crippen molar-refractivity contribution in [1.29, 1.82) is 0 Å². The molecule has 27 heavy (non-hydrogen) atoms. The number of amides is 3. The summed E-state index contributed by atoms with van der Waals surface area (Å²) in [4.78, 5) is 28.4. The number of hydrogen-bond acceptors (Lipinski definition) is 3. The Kier molecular flexibility index (Phi) is 4.99. The lowest BCUT2D eigenvalue weighted by Gasteiger charge is -2.17. The number of carbonyl (C=O) groups excluding carboxylic acids is 2. The Balaban J connectivity index is 1.48. The Labute approximate surface area is 166 Å². The van der Waals surface area contributed by atoms with Crippen molar-refractivity contribution in [1.82, 2.24) is 10.2 Å². The van der Waals surface area contributed by atoms with Crippen LogP contribution in [0.5, 0.6) is 0 Å². The minimum atomic E-state index is -0.386. The zero-order valence-electron chi connectivity index (χ0n) is 14.8. The third kappa shape index (κ3) is 3.90. The van der Waals surface area contributed by atoms with Crippen LogP contribution >= 0.6 is 15.9 Å². The average Bonchev–Trinajstić information content (AvgIpc) is 3.29. The molecule has 2 fully saturated rings. The van der Waals surface area contributed by atoms with Gasteiger partial charge in [-0.1, -0.05) is 40.2 Å². The maximum Gasteiger partial charge on any atom is 0.329 e. The normalized spacial score (nSPS) is 18.5. The number of urea groups is 1. The summed E-state index contributed by atoms with van der Waals surface area (Å²) >= 11 is 3.38. The second-order valence-electron chi connectivity index (χ2n) is 6.79. The van der Waals surface area contributed by atoms with Gasteiger partial charge < -0.3 is 10.2 Å². The van der Waals surface area contributed by atoms with Crippen molar-refractivity contribution in [3.8, 4) is 0 Å². The van der Waals surface area contributed by atoms with Gasteiger partial charge in [-0.3, -0.25) is 9.69 Å². The number of hydrogen-bond donors (Lipinski definition) is 1. The summed E-state index contributed by atoms with van der Waals surface area (Å²) in [5.41, 5.74) is 3.31. The first kappa shape index (κ1) is 17.8. The third-order valence-corrected chi connectivity index (χ3v) is 5.42. The van der Waals surface area contributed by atoms with Crippen LogP contribution in [-0.4, -0.2) is 29.9 Å². The molecular formula is C21H20BrN3O2. The monoisotopic (exact) mass is 425 g/mol. The predicted molar refractivity (Wildman–Crippen MR) is 109 cm³/mol. The number of carbonyl (C=O) groups is 2. The van der Waals surface area contributed by atoms with Gasteiger partial charge in [0, 0.05) is 23.2 Å². The van der Waals surface area contributed by atoms with E-state index >= 15 is 0 Å². The van der Waals surface area contributed by atoms with Gasteiger partial charge in [-0.05, 0) is 54.3 Å². The number of nitrogens with one attached hydrogen (secondary N) is 1.